The molecule has 0 saturated heterocycles. The zero-order valence-electron chi connectivity index (χ0n) is 10.8. The van der Waals surface area contributed by atoms with Crippen LogP contribution in [-0.2, 0) is 0 Å². The van der Waals surface area contributed by atoms with Gasteiger partial charge in [0.1, 0.15) is 0 Å². The first-order valence-electron chi connectivity index (χ1n) is 7.93. The minimum atomic E-state index is 1.14. The van der Waals surface area contributed by atoms with Crippen LogP contribution in [0.1, 0.15) is 77.0 Å². The summed E-state index contributed by atoms with van der Waals surface area (Å²) in [5.74, 6) is 4.56. The van der Waals surface area contributed by atoms with E-state index in [4.69, 9.17) is 0 Å². The molecular weight excluding hydrogens is 192 g/mol. The topological polar surface area (TPSA) is 0 Å². The van der Waals surface area contributed by atoms with Crippen LogP contribution in [0.5, 0.6) is 0 Å². The number of rotatable bonds is 2. The molecule has 0 heteroatoms. The molecule has 3 saturated carbocycles. The van der Waals surface area contributed by atoms with Gasteiger partial charge in [0.05, 0.1) is 0 Å². The summed E-state index contributed by atoms with van der Waals surface area (Å²) in [6, 6.07) is 0. The van der Waals surface area contributed by atoms with Crippen molar-refractivity contribution in [1.29, 1.82) is 0 Å². The molecule has 3 rings (SSSR count). The minimum Gasteiger partial charge on any atom is -0.0530 e. The Morgan fingerprint density at radius 1 is 0.312 bits per heavy atom. The SMILES string of the molecule is C1CCC(C2CCC(C3CCCC3)CC2)C1. The first kappa shape index (κ1) is 11.1. The van der Waals surface area contributed by atoms with E-state index in [9.17, 15) is 0 Å². The van der Waals surface area contributed by atoms with Gasteiger partial charge in [-0.2, -0.15) is 0 Å². The van der Waals surface area contributed by atoms with E-state index in [0.29, 0.717) is 0 Å². The van der Waals surface area contributed by atoms with E-state index in [1.54, 1.807) is 51.4 Å². The molecule has 0 heterocycles. The van der Waals surface area contributed by atoms with E-state index >= 15 is 0 Å². The van der Waals surface area contributed by atoms with Crippen molar-refractivity contribution in [1.82, 2.24) is 0 Å². The van der Waals surface area contributed by atoms with E-state index in [-0.39, 0.29) is 0 Å². The summed E-state index contributed by atoms with van der Waals surface area (Å²) in [5.41, 5.74) is 0. The lowest BCUT2D eigenvalue weighted by atomic mass is 9.71. The summed E-state index contributed by atoms with van der Waals surface area (Å²) in [7, 11) is 0. The summed E-state index contributed by atoms with van der Waals surface area (Å²) < 4.78 is 0. The Morgan fingerprint density at radius 3 is 0.875 bits per heavy atom. The van der Waals surface area contributed by atoms with Gasteiger partial charge in [0.25, 0.3) is 0 Å². The molecular formula is C16H28. The molecule has 3 fully saturated rings. The van der Waals surface area contributed by atoms with Gasteiger partial charge < -0.3 is 0 Å². The predicted molar refractivity (Wildman–Crippen MR) is 69.4 cm³/mol. The molecule has 0 unspecified atom stereocenters. The Kier molecular flexibility index (Phi) is 3.54. The van der Waals surface area contributed by atoms with Crippen LogP contribution < -0.4 is 0 Å². The van der Waals surface area contributed by atoms with Crippen molar-refractivity contribution in [2.24, 2.45) is 23.7 Å². The third-order valence-electron chi connectivity index (χ3n) is 5.95. The summed E-state index contributed by atoms with van der Waals surface area (Å²) in [6.07, 6.45) is 18.8. The van der Waals surface area contributed by atoms with E-state index in [2.05, 4.69) is 0 Å². The maximum atomic E-state index is 1.59. The summed E-state index contributed by atoms with van der Waals surface area (Å²) in [4.78, 5) is 0. The lowest BCUT2D eigenvalue weighted by Gasteiger charge is -2.35. The Balaban J connectivity index is 1.47. The number of hydrogen-bond acceptors (Lipinski definition) is 0. The summed E-state index contributed by atoms with van der Waals surface area (Å²) >= 11 is 0. The highest BCUT2D eigenvalue weighted by Crippen LogP contribution is 2.45. The highest BCUT2D eigenvalue weighted by Gasteiger charge is 2.33. The van der Waals surface area contributed by atoms with Crippen LogP contribution in [-0.4, -0.2) is 0 Å². The molecule has 0 aromatic rings. The summed E-state index contributed by atoms with van der Waals surface area (Å²) in [5, 5.41) is 0. The van der Waals surface area contributed by atoms with Crippen molar-refractivity contribution in [2.75, 3.05) is 0 Å². The van der Waals surface area contributed by atoms with Crippen LogP contribution in [0.2, 0.25) is 0 Å². The van der Waals surface area contributed by atoms with Gasteiger partial charge in [-0.1, -0.05) is 51.4 Å². The fourth-order valence-electron chi connectivity index (χ4n) is 4.95. The van der Waals surface area contributed by atoms with Crippen LogP contribution in [0.3, 0.4) is 0 Å². The molecule has 0 atom stereocenters. The van der Waals surface area contributed by atoms with E-state index < -0.39 is 0 Å². The zero-order chi connectivity index (χ0) is 10.8. The van der Waals surface area contributed by atoms with E-state index in [0.717, 1.165) is 23.7 Å². The van der Waals surface area contributed by atoms with Gasteiger partial charge in [-0.05, 0) is 49.4 Å². The van der Waals surface area contributed by atoms with E-state index in [1.165, 1.54) is 25.7 Å². The molecule has 0 bridgehead atoms. The molecule has 0 spiro atoms. The van der Waals surface area contributed by atoms with Crippen molar-refractivity contribution >= 4 is 0 Å². The van der Waals surface area contributed by atoms with Crippen molar-refractivity contribution in [3.8, 4) is 0 Å². The van der Waals surface area contributed by atoms with Crippen molar-refractivity contribution in [3.05, 3.63) is 0 Å². The zero-order valence-corrected chi connectivity index (χ0v) is 10.8. The molecule has 0 amide bonds. The maximum Gasteiger partial charge on any atom is -0.0386 e. The molecule has 0 radical (unpaired) electrons. The average Bonchev–Trinajstić information content (AvgIpc) is 3.03. The van der Waals surface area contributed by atoms with Crippen molar-refractivity contribution in [2.45, 2.75) is 77.0 Å². The largest absolute Gasteiger partial charge is 0.0530 e. The molecule has 3 aliphatic rings. The quantitative estimate of drug-likeness (QED) is 0.602. The number of hydrogen-bond donors (Lipinski definition) is 0. The van der Waals surface area contributed by atoms with Gasteiger partial charge in [-0.25, -0.2) is 0 Å². The second-order valence-electron chi connectivity index (χ2n) is 6.76. The van der Waals surface area contributed by atoms with Crippen LogP contribution >= 0.6 is 0 Å². The second kappa shape index (κ2) is 5.10. The van der Waals surface area contributed by atoms with Gasteiger partial charge >= 0.3 is 0 Å². The Hall–Kier alpha value is 0. The Labute approximate surface area is 101 Å². The molecule has 0 N–H and O–H groups in total. The molecule has 0 nitrogen and oxygen atoms in total. The molecule has 92 valence electrons. The molecule has 3 aliphatic carbocycles. The third-order valence-corrected chi connectivity index (χ3v) is 5.95. The standard InChI is InChI=1S/C16H28/c1-2-6-13(5-1)15-9-11-16(12-10-15)14-7-3-4-8-14/h13-16H,1-12H2. The van der Waals surface area contributed by atoms with Crippen molar-refractivity contribution in [3.63, 3.8) is 0 Å². The predicted octanol–water partition coefficient (Wildman–Crippen LogP) is 5.17. The van der Waals surface area contributed by atoms with Crippen LogP contribution in [0, 0.1) is 23.7 Å². The third kappa shape index (κ3) is 2.31. The fraction of sp³-hybridized carbons (Fsp3) is 1.00. The lowest BCUT2D eigenvalue weighted by molar-refractivity contribution is 0.165. The van der Waals surface area contributed by atoms with Gasteiger partial charge in [0, 0.05) is 0 Å². The Morgan fingerprint density at radius 2 is 0.562 bits per heavy atom. The van der Waals surface area contributed by atoms with Crippen LogP contribution in [0.15, 0.2) is 0 Å². The second-order valence-corrected chi connectivity index (χ2v) is 6.76. The Bertz CT molecular complexity index is 176. The van der Waals surface area contributed by atoms with Gasteiger partial charge in [0.2, 0.25) is 0 Å². The smallest absolute Gasteiger partial charge is 0.0386 e. The van der Waals surface area contributed by atoms with Crippen LogP contribution in [0.4, 0.5) is 0 Å². The minimum absolute atomic E-state index is 1.14. The first-order chi connectivity index (χ1) is 7.93. The van der Waals surface area contributed by atoms with Crippen molar-refractivity contribution < 1.29 is 0 Å². The van der Waals surface area contributed by atoms with Gasteiger partial charge in [-0.15, -0.1) is 0 Å². The highest BCUT2D eigenvalue weighted by molar-refractivity contribution is 4.84. The monoisotopic (exact) mass is 220 g/mol. The highest BCUT2D eigenvalue weighted by atomic mass is 14.4. The average molecular weight is 220 g/mol. The maximum absolute atomic E-state index is 1.59. The van der Waals surface area contributed by atoms with Crippen LogP contribution in [0.25, 0.3) is 0 Å². The molecule has 0 aliphatic heterocycles. The van der Waals surface area contributed by atoms with Gasteiger partial charge in [0.15, 0.2) is 0 Å². The normalized spacial score (nSPS) is 38.2. The molecule has 0 aromatic heterocycles. The molecule has 0 aromatic carbocycles. The summed E-state index contributed by atoms with van der Waals surface area (Å²) in [6.45, 7) is 0. The van der Waals surface area contributed by atoms with E-state index in [1.807, 2.05) is 0 Å². The lowest BCUT2D eigenvalue weighted by Crippen LogP contribution is -2.23. The fourth-order valence-corrected chi connectivity index (χ4v) is 4.95. The first-order valence-corrected chi connectivity index (χ1v) is 7.93. The van der Waals surface area contributed by atoms with Gasteiger partial charge in [-0.3, -0.25) is 0 Å². The molecule has 16 heavy (non-hydrogen) atoms.